The van der Waals surface area contributed by atoms with E-state index in [4.69, 9.17) is 14.7 Å². The molecule has 0 aliphatic carbocycles. The molecule has 1 saturated heterocycles. The van der Waals surface area contributed by atoms with Crippen molar-refractivity contribution in [3.05, 3.63) is 24.3 Å². The van der Waals surface area contributed by atoms with Crippen LogP contribution in [-0.4, -0.2) is 58.5 Å². The second-order valence-electron chi connectivity index (χ2n) is 5.67. The molecule has 124 valence electrons. The monoisotopic (exact) mass is 334 g/mol. The lowest BCUT2D eigenvalue weighted by atomic mass is 10.3. The molecule has 1 aliphatic rings. The Morgan fingerprint density at radius 2 is 1.91 bits per heavy atom. The molecule has 0 radical (unpaired) electrons. The summed E-state index contributed by atoms with van der Waals surface area (Å²) in [6, 6.07) is 7.85. The van der Waals surface area contributed by atoms with Gasteiger partial charge in [-0.05, 0) is 19.1 Å². The van der Waals surface area contributed by atoms with Crippen molar-refractivity contribution in [2.45, 2.75) is 12.2 Å². The normalized spacial score (nSPS) is 17.9. The molecule has 7 heteroatoms. The highest BCUT2D eigenvalue weighted by atomic mass is 32.2. The first-order valence-corrected chi connectivity index (χ1v) is 9.43. The van der Waals surface area contributed by atoms with Crippen LogP contribution in [0.15, 0.2) is 24.3 Å². The zero-order valence-corrected chi connectivity index (χ0v) is 14.3. The van der Waals surface area contributed by atoms with Crippen molar-refractivity contribution in [1.82, 2.24) is 9.97 Å². The van der Waals surface area contributed by atoms with E-state index in [2.05, 4.69) is 10.2 Å². The lowest BCUT2D eigenvalue weighted by Gasteiger charge is -2.29. The van der Waals surface area contributed by atoms with Crippen molar-refractivity contribution < 1.29 is 8.95 Å². The summed E-state index contributed by atoms with van der Waals surface area (Å²) in [4.78, 5) is 11.7. The van der Waals surface area contributed by atoms with Gasteiger partial charge in [-0.3, -0.25) is 4.21 Å². The highest BCUT2D eigenvalue weighted by molar-refractivity contribution is 7.84. The van der Waals surface area contributed by atoms with Crippen LogP contribution >= 0.6 is 0 Å². The Hall–Kier alpha value is -1.73. The molecule has 1 aromatic heterocycles. The SMILES string of the molecule is C[C@@H](CNc1nc2ccccc2nc1N1CCOCC1)[S@@](C)=O. The van der Waals surface area contributed by atoms with Crippen LogP contribution in [0.2, 0.25) is 0 Å². The van der Waals surface area contributed by atoms with Gasteiger partial charge in [0.15, 0.2) is 11.6 Å². The standard InChI is InChI=1S/C16H22N4O2S/c1-12(23(2)21)11-17-15-16(20-7-9-22-10-8-20)19-14-6-4-3-5-13(14)18-15/h3-6,12H,7-11H2,1-2H3,(H,17,18)/t12-,23+/m0/s1. The Balaban J connectivity index is 1.93. The zero-order valence-electron chi connectivity index (χ0n) is 13.5. The molecule has 0 amide bonds. The highest BCUT2D eigenvalue weighted by Crippen LogP contribution is 2.25. The molecule has 1 fully saturated rings. The third-order valence-electron chi connectivity index (χ3n) is 3.99. The predicted molar refractivity (Wildman–Crippen MR) is 94.6 cm³/mol. The predicted octanol–water partition coefficient (Wildman–Crippen LogP) is 1.65. The molecular formula is C16H22N4O2S. The maximum Gasteiger partial charge on any atom is 0.172 e. The minimum atomic E-state index is -0.867. The van der Waals surface area contributed by atoms with Crippen molar-refractivity contribution in [2.24, 2.45) is 0 Å². The smallest absolute Gasteiger partial charge is 0.172 e. The van der Waals surface area contributed by atoms with Crippen LogP contribution in [0.1, 0.15) is 6.92 Å². The number of benzene rings is 1. The average Bonchev–Trinajstić information content (AvgIpc) is 2.59. The summed E-state index contributed by atoms with van der Waals surface area (Å²) < 4.78 is 17.0. The number of fused-ring (bicyclic) bond motifs is 1. The molecule has 2 heterocycles. The number of nitrogens with zero attached hydrogens (tertiary/aromatic N) is 3. The minimum absolute atomic E-state index is 0.0563. The van der Waals surface area contributed by atoms with Crippen molar-refractivity contribution >= 4 is 33.5 Å². The summed E-state index contributed by atoms with van der Waals surface area (Å²) in [5.41, 5.74) is 1.74. The average molecular weight is 334 g/mol. The summed E-state index contributed by atoms with van der Waals surface area (Å²) in [7, 11) is -0.867. The van der Waals surface area contributed by atoms with E-state index in [1.807, 2.05) is 31.2 Å². The maximum absolute atomic E-state index is 11.6. The largest absolute Gasteiger partial charge is 0.378 e. The van der Waals surface area contributed by atoms with E-state index < -0.39 is 10.8 Å². The summed E-state index contributed by atoms with van der Waals surface area (Å²) in [5, 5.41) is 3.39. The Morgan fingerprint density at radius 1 is 1.26 bits per heavy atom. The molecule has 23 heavy (non-hydrogen) atoms. The van der Waals surface area contributed by atoms with Gasteiger partial charge >= 0.3 is 0 Å². The molecule has 2 aromatic rings. The number of morpholine rings is 1. The molecule has 3 rings (SSSR count). The lowest BCUT2D eigenvalue weighted by molar-refractivity contribution is 0.122. The molecular weight excluding hydrogens is 312 g/mol. The van der Waals surface area contributed by atoms with E-state index in [0.29, 0.717) is 19.8 Å². The third-order valence-corrected chi connectivity index (χ3v) is 5.29. The minimum Gasteiger partial charge on any atom is -0.378 e. The molecule has 6 nitrogen and oxygen atoms in total. The molecule has 0 bridgehead atoms. The van der Waals surface area contributed by atoms with Gasteiger partial charge in [0.1, 0.15) is 0 Å². The summed E-state index contributed by atoms with van der Waals surface area (Å²) >= 11 is 0. The highest BCUT2D eigenvalue weighted by Gasteiger charge is 2.19. The van der Waals surface area contributed by atoms with Gasteiger partial charge in [0.25, 0.3) is 0 Å². The fraction of sp³-hybridized carbons (Fsp3) is 0.500. The van der Waals surface area contributed by atoms with Crippen LogP contribution in [0.4, 0.5) is 11.6 Å². The molecule has 0 spiro atoms. The summed E-state index contributed by atoms with van der Waals surface area (Å²) in [6.45, 7) is 5.57. The van der Waals surface area contributed by atoms with Gasteiger partial charge in [0.05, 0.1) is 24.2 Å². The number of rotatable bonds is 5. The number of para-hydroxylation sites is 2. The Labute approximate surface area is 138 Å². The van der Waals surface area contributed by atoms with E-state index in [9.17, 15) is 4.21 Å². The molecule has 1 aliphatic heterocycles. The first kappa shape index (κ1) is 16.1. The number of ether oxygens (including phenoxy) is 1. The van der Waals surface area contributed by atoms with Crippen LogP contribution in [0.25, 0.3) is 11.0 Å². The van der Waals surface area contributed by atoms with Crippen LogP contribution < -0.4 is 10.2 Å². The number of nitrogens with one attached hydrogen (secondary N) is 1. The fourth-order valence-corrected chi connectivity index (χ4v) is 2.78. The molecule has 1 aromatic carbocycles. The van der Waals surface area contributed by atoms with Crippen molar-refractivity contribution in [1.29, 1.82) is 0 Å². The van der Waals surface area contributed by atoms with Crippen LogP contribution in [0.5, 0.6) is 0 Å². The van der Waals surface area contributed by atoms with E-state index >= 15 is 0 Å². The van der Waals surface area contributed by atoms with Gasteiger partial charge in [-0.25, -0.2) is 9.97 Å². The molecule has 1 N–H and O–H groups in total. The van der Waals surface area contributed by atoms with E-state index in [1.165, 1.54) is 0 Å². The topological polar surface area (TPSA) is 67.3 Å². The number of hydrogen-bond acceptors (Lipinski definition) is 6. The first-order valence-electron chi connectivity index (χ1n) is 7.80. The van der Waals surface area contributed by atoms with Crippen LogP contribution in [-0.2, 0) is 15.5 Å². The maximum atomic E-state index is 11.6. The Kier molecular flexibility index (Phi) is 5.07. The summed E-state index contributed by atoms with van der Waals surface area (Å²) in [5.74, 6) is 1.60. The van der Waals surface area contributed by atoms with Crippen molar-refractivity contribution in [2.75, 3.05) is 49.3 Å². The second-order valence-corrected chi connectivity index (χ2v) is 7.48. The summed E-state index contributed by atoms with van der Waals surface area (Å²) in [6.07, 6.45) is 1.72. The quantitative estimate of drug-likeness (QED) is 0.897. The van der Waals surface area contributed by atoms with Gasteiger partial charge in [-0.15, -0.1) is 0 Å². The van der Waals surface area contributed by atoms with Crippen molar-refractivity contribution in [3.63, 3.8) is 0 Å². The van der Waals surface area contributed by atoms with E-state index in [-0.39, 0.29) is 5.25 Å². The Bertz CT molecular complexity index is 704. The Morgan fingerprint density at radius 3 is 2.57 bits per heavy atom. The molecule has 2 atom stereocenters. The molecule has 0 unspecified atom stereocenters. The van der Waals surface area contributed by atoms with Gasteiger partial charge in [0.2, 0.25) is 0 Å². The van der Waals surface area contributed by atoms with Gasteiger partial charge < -0.3 is 15.0 Å². The van der Waals surface area contributed by atoms with E-state index in [1.54, 1.807) is 6.26 Å². The number of aromatic nitrogens is 2. The third kappa shape index (κ3) is 3.79. The van der Waals surface area contributed by atoms with Gasteiger partial charge in [-0.1, -0.05) is 12.1 Å². The second kappa shape index (κ2) is 7.23. The lowest BCUT2D eigenvalue weighted by Crippen LogP contribution is -2.37. The van der Waals surface area contributed by atoms with E-state index in [0.717, 1.165) is 35.8 Å². The number of anilines is 2. The van der Waals surface area contributed by atoms with Crippen LogP contribution in [0, 0.1) is 0 Å². The first-order chi connectivity index (χ1) is 11.1. The number of hydrogen-bond donors (Lipinski definition) is 1. The zero-order chi connectivity index (χ0) is 16.2. The van der Waals surface area contributed by atoms with Crippen molar-refractivity contribution in [3.8, 4) is 0 Å². The fourth-order valence-electron chi connectivity index (χ4n) is 2.46. The van der Waals surface area contributed by atoms with Crippen LogP contribution in [0.3, 0.4) is 0 Å². The van der Waals surface area contributed by atoms with Gasteiger partial charge in [-0.2, -0.15) is 0 Å². The molecule has 0 saturated carbocycles. The van der Waals surface area contributed by atoms with Gasteiger partial charge in [0, 0.05) is 41.9 Å².